The Hall–Kier alpha value is -3.71. The van der Waals surface area contributed by atoms with Crippen LogP contribution in [-0.4, -0.2) is 7.11 Å². The van der Waals surface area contributed by atoms with Crippen molar-refractivity contribution in [1.29, 1.82) is 0 Å². The Morgan fingerprint density at radius 3 is 2.00 bits per heavy atom. The van der Waals surface area contributed by atoms with Crippen LogP contribution in [0.2, 0.25) is 0 Å². The average molecular weight is 388 g/mol. The Morgan fingerprint density at radius 2 is 1.31 bits per heavy atom. The van der Waals surface area contributed by atoms with Gasteiger partial charge in [-0.25, -0.2) is 13.2 Å². The Labute approximate surface area is 166 Å². The van der Waals surface area contributed by atoms with Gasteiger partial charge in [0, 0.05) is 5.56 Å². The number of hydrogen-bond donors (Lipinski definition) is 0. The maximum Gasteiger partial charge on any atom is 0.159 e. The van der Waals surface area contributed by atoms with Crippen molar-refractivity contribution in [1.82, 2.24) is 0 Å². The summed E-state index contributed by atoms with van der Waals surface area (Å²) in [6, 6.07) is 19.5. The minimum absolute atomic E-state index is 0.257. The van der Waals surface area contributed by atoms with Gasteiger partial charge in [-0.2, -0.15) is 0 Å². The van der Waals surface area contributed by atoms with E-state index in [1.54, 1.807) is 37.4 Å². The molecule has 0 aliphatic heterocycles. The lowest BCUT2D eigenvalue weighted by Gasteiger charge is -2.05. The molecule has 142 valence electrons. The zero-order valence-corrected chi connectivity index (χ0v) is 15.5. The van der Waals surface area contributed by atoms with Crippen molar-refractivity contribution >= 4 is 10.8 Å². The van der Waals surface area contributed by atoms with E-state index in [4.69, 9.17) is 4.74 Å². The van der Waals surface area contributed by atoms with Crippen molar-refractivity contribution in [3.05, 3.63) is 101 Å². The van der Waals surface area contributed by atoms with Crippen molar-refractivity contribution in [3.8, 4) is 28.7 Å². The molecular formula is C25H15F3O. The van der Waals surface area contributed by atoms with E-state index < -0.39 is 17.5 Å². The van der Waals surface area contributed by atoms with E-state index in [9.17, 15) is 13.2 Å². The maximum absolute atomic E-state index is 14.5. The second-order valence-electron chi connectivity index (χ2n) is 6.50. The first-order chi connectivity index (χ1) is 14.0. The molecule has 0 aliphatic carbocycles. The Kier molecular flexibility index (Phi) is 4.97. The van der Waals surface area contributed by atoms with Crippen molar-refractivity contribution in [3.63, 3.8) is 0 Å². The molecule has 0 bridgehead atoms. The van der Waals surface area contributed by atoms with Gasteiger partial charge in [-0.15, -0.1) is 0 Å². The van der Waals surface area contributed by atoms with E-state index in [0.717, 1.165) is 29.0 Å². The third-order valence-electron chi connectivity index (χ3n) is 4.61. The monoisotopic (exact) mass is 388 g/mol. The highest BCUT2D eigenvalue weighted by Gasteiger charge is 2.06. The predicted octanol–water partition coefficient (Wildman–Crippen LogP) is 6.33. The largest absolute Gasteiger partial charge is 0.497 e. The van der Waals surface area contributed by atoms with Crippen LogP contribution in [0.3, 0.4) is 0 Å². The fourth-order valence-corrected chi connectivity index (χ4v) is 3.04. The third kappa shape index (κ3) is 3.95. The van der Waals surface area contributed by atoms with Crippen LogP contribution in [0.1, 0.15) is 11.1 Å². The van der Waals surface area contributed by atoms with Crippen LogP contribution in [0.15, 0.2) is 72.8 Å². The van der Waals surface area contributed by atoms with E-state index in [1.807, 2.05) is 24.3 Å². The molecule has 4 heteroatoms. The molecule has 0 aromatic heterocycles. The van der Waals surface area contributed by atoms with Gasteiger partial charge in [0.2, 0.25) is 0 Å². The minimum Gasteiger partial charge on any atom is -0.497 e. The van der Waals surface area contributed by atoms with E-state index in [1.165, 1.54) is 6.07 Å². The highest BCUT2D eigenvalue weighted by molar-refractivity contribution is 5.84. The van der Waals surface area contributed by atoms with E-state index in [0.29, 0.717) is 16.3 Å². The molecule has 4 aromatic carbocycles. The van der Waals surface area contributed by atoms with Gasteiger partial charge in [-0.05, 0) is 70.4 Å². The van der Waals surface area contributed by atoms with Crippen molar-refractivity contribution in [2.24, 2.45) is 0 Å². The number of halogens is 3. The van der Waals surface area contributed by atoms with Crippen LogP contribution in [0, 0.1) is 29.3 Å². The summed E-state index contributed by atoms with van der Waals surface area (Å²) in [6.07, 6.45) is 0. The van der Waals surface area contributed by atoms with Gasteiger partial charge >= 0.3 is 0 Å². The molecular weight excluding hydrogens is 373 g/mol. The normalized spacial score (nSPS) is 10.5. The summed E-state index contributed by atoms with van der Waals surface area (Å²) in [5.74, 6) is 4.18. The number of methoxy groups -OCH3 is 1. The van der Waals surface area contributed by atoms with Gasteiger partial charge in [0.15, 0.2) is 11.6 Å². The second kappa shape index (κ2) is 7.73. The molecule has 0 aliphatic rings. The number of benzene rings is 4. The fraction of sp³-hybridized carbons (Fsp3) is 0.0400. The standard InChI is InChI=1S/C25H15F3O/c1-29-22-10-8-17(9-11-22)19-7-6-18(23(26)13-19)4-2-16-3-5-20-14-24(27)25(28)15-21(20)12-16/h3,5-15H,1H3. The van der Waals surface area contributed by atoms with Crippen LogP contribution in [-0.2, 0) is 0 Å². The van der Waals surface area contributed by atoms with E-state index in [2.05, 4.69) is 11.8 Å². The minimum atomic E-state index is -0.914. The number of hydrogen-bond acceptors (Lipinski definition) is 1. The molecule has 0 saturated carbocycles. The Balaban J connectivity index is 1.62. The SMILES string of the molecule is COc1ccc(-c2ccc(C#Cc3ccc4cc(F)c(F)cc4c3)c(F)c2)cc1. The molecule has 0 atom stereocenters. The van der Waals surface area contributed by atoms with Gasteiger partial charge in [-0.3, -0.25) is 0 Å². The predicted molar refractivity (Wildman–Crippen MR) is 108 cm³/mol. The number of ether oxygens (including phenoxy) is 1. The molecule has 4 rings (SSSR count). The van der Waals surface area contributed by atoms with Gasteiger partial charge in [-0.1, -0.05) is 36.1 Å². The Morgan fingerprint density at radius 1 is 0.621 bits per heavy atom. The smallest absolute Gasteiger partial charge is 0.159 e. The first kappa shape index (κ1) is 18.6. The molecule has 0 saturated heterocycles. The van der Waals surface area contributed by atoms with Gasteiger partial charge in [0.1, 0.15) is 11.6 Å². The third-order valence-corrected chi connectivity index (χ3v) is 4.61. The molecule has 0 heterocycles. The summed E-state index contributed by atoms with van der Waals surface area (Å²) >= 11 is 0. The topological polar surface area (TPSA) is 9.23 Å². The molecule has 0 amide bonds. The highest BCUT2D eigenvalue weighted by atomic mass is 19.2. The molecule has 0 N–H and O–H groups in total. The van der Waals surface area contributed by atoms with Gasteiger partial charge in [0.25, 0.3) is 0 Å². The lowest BCUT2D eigenvalue weighted by atomic mass is 10.0. The average Bonchev–Trinajstić information content (AvgIpc) is 2.74. The van der Waals surface area contributed by atoms with Gasteiger partial charge < -0.3 is 4.74 Å². The lowest BCUT2D eigenvalue weighted by molar-refractivity contribution is 0.415. The van der Waals surface area contributed by atoms with Crippen LogP contribution in [0.25, 0.3) is 21.9 Å². The molecule has 1 nitrogen and oxygen atoms in total. The summed E-state index contributed by atoms with van der Waals surface area (Å²) in [5.41, 5.74) is 2.45. The molecule has 0 unspecified atom stereocenters. The molecule has 4 aromatic rings. The van der Waals surface area contributed by atoms with Crippen molar-refractivity contribution in [2.75, 3.05) is 7.11 Å². The second-order valence-corrected chi connectivity index (χ2v) is 6.50. The quantitative estimate of drug-likeness (QED) is 0.365. The summed E-state index contributed by atoms with van der Waals surface area (Å²) in [6.45, 7) is 0. The zero-order chi connectivity index (χ0) is 20.4. The molecule has 0 fully saturated rings. The summed E-state index contributed by atoms with van der Waals surface area (Å²) in [4.78, 5) is 0. The zero-order valence-electron chi connectivity index (χ0n) is 15.5. The van der Waals surface area contributed by atoms with Crippen LogP contribution in [0.5, 0.6) is 5.75 Å². The lowest BCUT2D eigenvalue weighted by Crippen LogP contribution is -1.88. The van der Waals surface area contributed by atoms with E-state index >= 15 is 0 Å². The van der Waals surface area contributed by atoms with Crippen LogP contribution >= 0.6 is 0 Å². The maximum atomic E-state index is 14.5. The van der Waals surface area contributed by atoms with Crippen LogP contribution < -0.4 is 4.74 Å². The summed E-state index contributed by atoms with van der Waals surface area (Å²) in [7, 11) is 1.59. The first-order valence-electron chi connectivity index (χ1n) is 8.88. The summed E-state index contributed by atoms with van der Waals surface area (Å²) in [5, 5.41) is 1.11. The number of rotatable bonds is 2. The highest BCUT2D eigenvalue weighted by Crippen LogP contribution is 2.24. The van der Waals surface area contributed by atoms with Crippen molar-refractivity contribution in [2.45, 2.75) is 0 Å². The van der Waals surface area contributed by atoms with Crippen LogP contribution in [0.4, 0.5) is 13.2 Å². The van der Waals surface area contributed by atoms with Gasteiger partial charge in [0.05, 0.1) is 12.7 Å². The summed E-state index contributed by atoms with van der Waals surface area (Å²) < 4.78 is 46.4. The molecule has 0 spiro atoms. The number of fused-ring (bicyclic) bond motifs is 1. The molecule has 0 radical (unpaired) electrons. The first-order valence-corrected chi connectivity index (χ1v) is 8.88. The molecule has 29 heavy (non-hydrogen) atoms. The Bertz CT molecular complexity index is 1270. The van der Waals surface area contributed by atoms with E-state index in [-0.39, 0.29) is 5.56 Å². The fourth-order valence-electron chi connectivity index (χ4n) is 3.04. The van der Waals surface area contributed by atoms with Crippen molar-refractivity contribution < 1.29 is 17.9 Å².